The predicted octanol–water partition coefficient (Wildman–Crippen LogP) is 3.97. The number of halogens is 1. The number of carbonyl (C=O) groups is 3. The van der Waals surface area contributed by atoms with Crippen molar-refractivity contribution in [2.45, 2.75) is 19.8 Å². The molecule has 0 unspecified atom stereocenters. The number of nitrogens with zero attached hydrogens (tertiary/aromatic N) is 1. The summed E-state index contributed by atoms with van der Waals surface area (Å²) in [4.78, 5) is 37.2. The zero-order chi connectivity index (χ0) is 20.8. The zero-order valence-electron chi connectivity index (χ0n) is 16.0. The Morgan fingerprint density at radius 2 is 1.97 bits per heavy atom. The Balaban J connectivity index is 1.46. The minimum absolute atomic E-state index is 0.106. The van der Waals surface area contributed by atoms with Gasteiger partial charge in [-0.25, -0.2) is 4.79 Å². The first-order valence-electron chi connectivity index (χ1n) is 9.23. The van der Waals surface area contributed by atoms with Gasteiger partial charge in [0.25, 0.3) is 5.91 Å². The van der Waals surface area contributed by atoms with Crippen LogP contribution in [0.1, 0.15) is 24.0 Å². The predicted molar refractivity (Wildman–Crippen MR) is 113 cm³/mol. The van der Waals surface area contributed by atoms with Gasteiger partial charge < -0.3 is 15.0 Å². The molecular weight excluding hydrogens is 392 g/mol. The van der Waals surface area contributed by atoms with Gasteiger partial charge in [-0.2, -0.15) is 0 Å². The van der Waals surface area contributed by atoms with E-state index in [0.717, 1.165) is 23.2 Å². The molecule has 0 saturated carbocycles. The molecule has 0 aromatic heterocycles. The number of rotatable bonds is 6. The van der Waals surface area contributed by atoms with Crippen molar-refractivity contribution in [1.82, 2.24) is 0 Å². The molecule has 1 fully saturated rings. The SMILES string of the molecule is Cc1ccc(C=CC(=O)OCC(=O)Nc2ccc(N3CCCC3=O)cc2)cc1Cl. The molecule has 1 aliphatic rings. The highest BCUT2D eigenvalue weighted by Gasteiger charge is 2.21. The lowest BCUT2D eigenvalue weighted by Gasteiger charge is -2.16. The lowest BCUT2D eigenvalue weighted by atomic mass is 10.1. The van der Waals surface area contributed by atoms with Crippen molar-refractivity contribution in [2.24, 2.45) is 0 Å². The maximum absolute atomic E-state index is 12.0. The van der Waals surface area contributed by atoms with Gasteiger partial charge in [-0.05, 0) is 60.9 Å². The number of amides is 2. The summed E-state index contributed by atoms with van der Waals surface area (Å²) >= 11 is 6.04. The van der Waals surface area contributed by atoms with E-state index < -0.39 is 18.5 Å². The molecule has 1 heterocycles. The van der Waals surface area contributed by atoms with Crippen LogP contribution in [0.15, 0.2) is 48.5 Å². The topological polar surface area (TPSA) is 75.7 Å². The molecule has 7 heteroatoms. The van der Waals surface area contributed by atoms with Crippen LogP contribution in [0, 0.1) is 6.92 Å². The van der Waals surface area contributed by atoms with Gasteiger partial charge in [-0.3, -0.25) is 9.59 Å². The highest BCUT2D eigenvalue weighted by atomic mass is 35.5. The summed E-state index contributed by atoms with van der Waals surface area (Å²) in [5.41, 5.74) is 3.08. The Hall–Kier alpha value is -3.12. The fourth-order valence-corrected chi connectivity index (χ4v) is 3.09. The smallest absolute Gasteiger partial charge is 0.331 e. The Bertz CT molecular complexity index is 954. The van der Waals surface area contributed by atoms with Gasteiger partial charge in [0.1, 0.15) is 0 Å². The van der Waals surface area contributed by atoms with E-state index in [1.165, 1.54) is 6.08 Å². The number of carbonyl (C=O) groups excluding carboxylic acids is 3. The van der Waals surface area contributed by atoms with Crippen molar-refractivity contribution in [2.75, 3.05) is 23.4 Å². The summed E-state index contributed by atoms with van der Waals surface area (Å²) < 4.78 is 4.95. The maximum Gasteiger partial charge on any atom is 0.331 e. The van der Waals surface area contributed by atoms with Crippen LogP contribution >= 0.6 is 11.6 Å². The van der Waals surface area contributed by atoms with Crippen molar-refractivity contribution >= 4 is 46.8 Å². The van der Waals surface area contributed by atoms with Crippen LogP contribution < -0.4 is 10.2 Å². The first-order valence-corrected chi connectivity index (χ1v) is 9.61. The summed E-state index contributed by atoms with van der Waals surface area (Å²) in [5.74, 6) is -0.968. The van der Waals surface area contributed by atoms with E-state index in [-0.39, 0.29) is 5.91 Å². The second-order valence-corrected chi connectivity index (χ2v) is 7.10. The van der Waals surface area contributed by atoms with E-state index in [2.05, 4.69) is 5.32 Å². The van der Waals surface area contributed by atoms with Gasteiger partial charge in [0.05, 0.1) is 0 Å². The number of esters is 1. The third-order valence-corrected chi connectivity index (χ3v) is 4.90. The van der Waals surface area contributed by atoms with E-state index in [9.17, 15) is 14.4 Å². The molecule has 0 radical (unpaired) electrons. The number of aryl methyl sites for hydroxylation is 1. The molecule has 1 saturated heterocycles. The molecule has 1 N–H and O–H groups in total. The Kier molecular flexibility index (Phi) is 6.67. The molecule has 2 aromatic carbocycles. The van der Waals surface area contributed by atoms with Gasteiger partial charge >= 0.3 is 5.97 Å². The lowest BCUT2D eigenvalue weighted by molar-refractivity contribution is -0.142. The third-order valence-electron chi connectivity index (χ3n) is 4.49. The van der Waals surface area contributed by atoms with Crippen LogP contribution in [0.25, 0.3) is 6.08 Å². The molecule has 29 heavy (non-hydrogen) atoms. The van der Waals surface area contributed by atoms with Gasteiger partial charge in [-0.1, -0.05) is 23.7 Å². The monoisotopic (exact) mass is 412 g/mol. The molecule has 0 aliphatic carbocycles. The number of hydrogen-bond donors (Lipinski definition) is 1. The quantitative estimate of drug-likeness (QED) is 0.575. The normalized spacial score (nSPS) is 13.7. The molecule has 0 bridgehead atoms. The summed E-state index contributed by atoms with van der Waals surface area (Å²) in [6.07, 6.45) is 4.24. The lowest BCUT2D eigenvalue weighted by Crippen LogP contribution is -2.23. The van der Waals surface area contributed by atoms with Crippen LogP contribution in [-0.4, -0.2) is 30.9 Å². The van der Waals surface area contributed by atoms with Gasteiger partial charge in [-0.15, -0.1) is 0 Å². The standard InChI is InChI=1S/C22H21ClN2O4/c1-15-4-5-16(13-19(15)23)6-11-22(28)29-14-20(26)24-17-7-9-18(10-8-17)25-12-2-3-21(25)27/h4-11,13H,2-3,12,14H2,1H3,(H,24,26). The largest absolute Gasteiger partial charge is 0.452 e. The second-order valence-electron chi connectivity index (χ2n) is 6.69. The van der Waals surface area contributed by atoms with E-state index in [0.29, 0.717) is 23.7 Å². The van der Waals surface area contributed by atoms with Gasteiger partial charge in [0.15, 0.2) is 6.61 Å². The average Bonchev–Trinajstić information content (AvgIpc) is 3.14. The Labute approximate surface area is 174 Å². The number of anilines is 2. The van der Waals surface area contributed by atoms with Crippen molar-refractivity contribution in [1.29, 1.82) is 0 Å². The van der Waals surface area contributed by atoms with Crippen molar-refractivity contribution < 1.29 is 19.1 Å². The fourth-order valence-electron chi connectivity index (χ4n) is 2.90. The highest BCUT2D eigenvalue weighted by Crippen LogP contribution is 2.23. The van der Waals surface area contributed by atoms with Gasteiger partial charge in [0.2, 0.25) is 5.91 Å². The molecular formula is C22H21ClN2O4. The van der Waals surface area contributed by atoms with Gasteiger partial charge in [0, 0.05) is 35.4 Å². The minimum Gasteiger partial charge on any atom is -0.452 e. The fraction of sp³-hybridized carbons (Fsp3) is 0.227. The Morgan fingerprint density at radius 3 is 2.62 bits per heavy atom. The first-order chi connectivity index (χ1) is 13.9. The van der Waals surface area contributed by atoms with Crippen LogP contribution in [-0.2, 0) is 19.1 Å². The van der Waals surface area contributed by atoms with E-state index in [1.807, 2.05) is 19.1 Å². The minimum atomic E-state index is -0.625. The number of hydrogen-bond acceptors (Lipinski definition) is 4. The molecule has 2 aromatic rings. The molecule has 0 spiro atoms. The van der Waals surface area contributed by atoms with E-state index >= 15 is 0 Å². The van der Waals surface area contributed by atoms with Crippen molar-refractivity contribution in [3.8, 4) is 0 Å². The molecule has 2 amide bonds. The number of ether oxygens (including phenoxy) is 1. The van der Waals surface area contributed by atoms with Crippen molar-refractivity contribution in [3.05, 3.63) is 64.7 Å². The maximum atomic E-state index is 12.0. The van der Waals surface area contributed by atoms with Crippen LogP contribution in [0.4, 0.5) is 11.4 Å². The second kappa shape index (κ2) is 9.39. The molecule has 150 valence electrons. The molecule has 3 rings (SSSR count). The van der Waals surface area contributed by atoms with Crippen LogP contribution in [0.5, 0.6) is 0 Å². The van der Waals surface area contributed by atoms with Crippen LogP contribution in [0.2, 0.25) is 5.02 Å². The summed E-state index contributed by atoms with van der Waals surface area (Å²) in [7, 11) is 0. The highest BCUT2D eigenvalue weighted by molar-refractivity contribution is 6.31. The van der Waals surface area contributed by atoms with Crippen molar-refractivity contribution in [3.63, 3.8) is 0 Å². The van der Waals surface area contributed by atoms with E-state index in [4.69, 9.17) is 16.3 Å². The van der Waals surface area contributed by atoms with Crippen LogP contribution in [0.3, 0.4) is 0 Å². The average molecular weight is 413 g/mol. The zero-order valence-corrected chi connectivity index (χ0v) is 16.7. The summed E-state index contributed by atoms with van der Waals surface area (Å²) in [6.45, 7) is 2.20. The molecule has 0 atom stereocenters. The number of nitrogens with one attached hydrogen (secondary N) is 1. The third kappa shape index (κ3) is 5.68. The molecule has 6 nitrogen and oxygen atoms in total. The van der Waals surface area contributed by atoms with E-state index in [1.54, 1.807) is 41.3 Å². The first kappa shape index (κ1) is 20.6. The number of benzene rings is 2. The summed E-state index contributed by atoms with van der Waals surface area (Å²) in [6, 6.07) is 12.4. The molecule has 1 aliphatic heterocycles. The Morgan fingerprint density at radius 1 is 1.21 bits per heavy atom. The summed E-state index contributed by atoms with van der Waals surface area (Å²) in [5, 5.41) is 3.26.